The van der Waals surface area contributed by atoms with Crippen LogP contribution in [0.2, 0.25) is 0 Å². The molecule has 19 heavy (non-hydrogen) atoms. The van der Waals surface area contributed by atoms with Crippen molar-refractivity contribution in [2.75, 3.05) is 13.7 Å². The van der Waals surface area contributed by atoms with Crippen LogP contribution in [0.5, 0.6) is 5.75 Å². The van der Waals surface area contributed by atoms with Crippen LogP contribution in [0.15, 0.2) is 40.2 Å². The first-order chi connectivity index (χ1) is 9.20. The fourth-order valence-corrected chi connectivity index (χ4v) is 2.91. The largest absolute Gasteiger partial charge is 0.496 e. The van der Waals surface area contributed by atoms with Crippen molar-refractivity contribution in [1.29, 1.82) is 0 Å². The highest BCUT2D eigenvalue weighted by Gasteiger charge is 2.08. The maximum atomic E-state index is 12.0. The maximum Gasteiger partial charge on any atom is 0.251 e. The van der Waals surface area contributed by atoms with Gasteiger partial charge in [0.15, 0.2) is 0 Å². The monoisotopic (exact) mass is 339 g/mol. The minimum Gasteiger partial charge on any atom is -0.496 e. The second kappa shape index (κ2) is 6.73. The second-order valence-corrected chi connectivity index (χ2v) is 5.82. The van der Waals surface area contributed by atoms with Crippen LogP contribution in [0, 0.1) is 0 Å². The average Bonchev–Trinajstić information content (AvgIpc) is 2.91. The lowest BCUT2D eigenvalue weighted by atomic mass is 10.2. The fraction of sp³-hybridized carbons (Fsp3) is 0.214. The molecule has 0 aliphatic carbocycles. The predicted molar refractivity (Wildman–Crippen MR) is 81.1 cm³/mol. The van der Waals surface area contributed by atoms with Crippen molar-refractivity contribution in [1.82, 2.24) is 5.32 Å². The molecule has 0 fully saturated rings. The highest BCUT2D eigenvalue weighted by atomic mass is 79.9. The van der Waals surface area contributed by atoms with Gasteiger partial charge in [-0.2, -0.15) is 0 Å². The Morgan fingerprint density at radius 1 is 1.42 bits per heavy atom. The van der Waals surface area contributed by atoms with Crippen molar-refractivity contribution >= 4 is 33.2 Å². The molecule has 2 rings (SSSR count). The third kappa shape index (κ3) is 3.81. The van der Waals surface area contributed by atoms with E-state index in [1.807, 2.05) is 11.4 Å². The van der Waals surface area contributed by atoms with Gasteiger partial charge in [0.25, 0.3) is 5.91 Å². The number of amides is 1. The summed E-state index contributed by atoms with van der Waals surface area (Å²) in [5, 5.41) is 4.95. The van der Waals surface area contributed by atoms with E-state index in [9.17, 15) is 4.79 Å². The first-order valence-electron chi connectivity index (χ1n) is 5.85. The van der Waals surface area contributed by atoms with Gasteiger partial charge in [-0.05, 0) is 52.0 Å². The molecule has 0 saturated heterocycles. The molecular weight excluding hydrogens is 326 g/mol. The summed E-state index contributed by atoms with van der Waals surface area (Å²) in [5.41, 5.74) is 0.624. The van der Waals surface area contributed by atoms with E-state index in [0.717, 1.165) is 16.6 Å². The Morgan fingerprint density at radius 3 is 2.89 bits per heavy atom. The predicted octanol–water partition coefficient (Wildman–Crippen LogP) is 3.49. The summed E-state index contributed by atoms with van der Waals surface area (Å²) in [6.07, 6.45) is 0.862. The summed E-state index contributed by atoms with van der Waals surface area (Å²) in [4.78, 5) is 13.2. The molecule has 1 aromatic heterocycles. The Bertz CT molecular complexity index is 555. The Kier molecular flexibility index (Phi) is 4.99. The highest BCUT2D eigenvalue weighted by molar-refractivity contribution is 9.10. The number of hydrogen-bond donors (Lipinski definition) is 1. The lowest BCUT2D eigenvalue weighted by Gasteiger charge is -2.07. The van der Waals surface area contributed by atoms with Crippen molar-refractivity contribution in [2.24, 2.45) is 0 Å². The molecule has 1 heterocycles. The van der Waals surface area contributed by atoms with Crippen LogP contribution in [0.25, 0.3) is 0 Å². The van der Waals surface area contributed by atoms with Crippen LogP contribution in [0.4, 0.5) is 0 Å². The number of methoxy groups -OCH3 is 1. The maximum absolute atomic E-state index is 12.0. The lowest BCUT2D eigenvalue weighted by Crippen LogP contribution is -2.25. The highest BCUT2D eigenvalue weighted by Crippen LogP contribution is 2.25. The van der Waals surface area contributed by atoms with Crippen LogP contribution >= 0.6 is 27.3 Å². The van der Waals surface area contributed by atoms with Crippen molar-refractivity contribution < 1.29 is 9.53 Å². The molecular formula is C14H14BrNO2S. The molecule has 0 radical (unpaired) electrons. The summed E-state index contributed by atoms with van der Waals surface area (Å²) >= 11 is 5.07. The number of carbonyl (C=O) groups is 1. The van der Waals surface area contributed by atoms with E-state index in [1.54, 1.807) is 36.6 Å². The Hall–Kier alpha value is -1.33. The van der Waals surface area contributed by atoms with Crippen molar-refractivity contribution in [3.63, 3.8) is 0 Å². The molecule has 0 atom stereocenters. The van der Waals surface area contributed by atoms with Gasteiger partial charge in [0.05, 0.1) is 11.6 Å². The van der Waals surface area contributed by atoms with Crippen LogP contribution in [-0.2, 0) is 6.42 Å². The van der Waals surface area contributed by atoms with Crippen LogP contribution in [0.3, 0.4) is 0 Å². The van der Waals surface area contributed by atoms with Gasteiger partial charge in [-0.25, -0.2) is 0 Å². The first kappa shape index (κ1) is 14.1. The second-order valence-electron chi connectivity index (χ2n) is 3.93. The SMILES string of the molecule is COc1ccc(C(=O)NCCc2cccs2)cc1Br. The van der Waals surface area contributed by atoms with E-state index in [-0.39, 0.29) is 5.91 Å². The summed E-state index contributed by atoms with van der Waals surface area (Å²) in [6.45, 7) is 0.642. The van der Waals surface area contributed by atoms with E-state index >= 15 is 0 Å². The number of carbonyl (C=O) groups excluding carboxylic acids is 1. The van der Waals surface area contributed by atoms with E-state index in [4.69, 9.17) is 4.74 Å². The quantitative estimate of drug-likeness (QED) is 0.905. The molecule has 5 heteroatoms. The van der Waals surface area contributed by atoms with Gasteiger partial charge in [0.2, 0.25) is 0 Å². The Balaban J connectivity index is 1.91. The van der Waals surface area contributed by atoms with Crippen LogP contribution in [0.1, 0.15) is 15.2 Å². The number of benzene rings is 1. The van der Waals surface area contributed by atoms with E-state index in [0.29, 0.717) is 12.1 Å². The van der Waals surface area contributed by atoms with Crippen molar-refractivity contribution in [3.05, 3.63) is 50.6 Å². The molecule has 0 aliphatic rings. The normalized spacial score (nSPS) is 10.2. The zero-order valence-electron chi connectivity index (χ0n) is 10.5. The van der Waals surface area contributed by atoms with Gasteiger partial charge < -0.3 is 10.1 Å². The molecule has 0 aliphatic heterocycles. The lowest BCUT2D eigenvalue weighted by molar-refractivity contribution is 0.0954. The van der Waals surface area contributed by atoms with Crippen LogP contribution < -0.4 is 10.1 Å². The van der Waals surface area contributed by atoms with Gasteiger partial charge in [-0.1, -0.05) is 6.07 Å². The van der Waals surface area contributed by atoms with Gasteiger partial charge in [0, 0.05) is 17.0 Å². The zero-order chi connectivity index (χ0) is 13.7. The number of halogens is 1. The molecule has 0 bridgehead atoms. The van der Waals surface area contributed by atoms with Gasteiger partial charge in [-0.3, -0.25) is 4.79 Å². The minimum atomic E-state index is -0.0695. The Labute approximate surface area is 124 Å². The minimum absolute atomic E-state index is 0.0695. The molecule has 1 N–H and O–H groups in total. The smallest absolute Gasteiger partial charge is 0.251 e. The summed E-state index contributed by atoms with van der Waals surface area (Å²) < 4.78 is 5.91. The molecule has 0 saturated carbocycles. The molecule has 2 aromatic rings. The summed E-state index contributed by atoms with van der Waals surface area (Å²) in [6, 6.07) is 9.38. The number of rotatable bonds is 5. The molecule has 1 amide bonds. The fourth-order valence-electron chi connectivity index (χ4n) is 1.66. The van der Waals surface area contributed by atoms with Gasteiger partial charge in [0.1, 0.15) is 5.75 Å². The average molecular weight is 340 g/mol. The summed E-state index contributed by atoms with van der Waals surface area (Å²) in [7, 11) is 1.60. The first-order valence-corrected chi connectivity index (χ1v) is 7.52. The zero-order valence-corrected chi connectivity index (χ0v) is 12.9. The van der Waals surface area contributed by atoms with Gasteiger partial charge in [-0.15, -0.1) is 11.3 Å². The topological polar surface area (TPSA) is 38.3 Å². The third-order valence-corrected chi connectivity index (χ3v) is 4.21. The van der Waals surface area contributed by atoms with Gasteiger partial charge >= 0.3 is 0 Å². The number of nitrogens with one attached hydrogen (secondary N) is 1. The molecule has 100 valence electrons. The van der Waals surface area contributed by atoms with Crippen molar-refractivity contribution in [3.8, 4) is 5.75 Å². The molecule has 0 unspecified atom stereocenters. The standard InChI is InChI=1S/C14H14BrNO2S/c1-18-13-5-4-10(9-12(13)15)14(17)16-7-6-11-3-2-8-19-11/h2-5,8-9H,6-7H2,1H3,(H,16,17). The molecule has 3 nitrogen and oxygen atoms in total. The number of ether oxygens (including phenoxy) is 1. The van der Waals surface area contributed by atoms with Crippen LogP contribution in [-0.4, -0.2) is 19.6 Å². The molecule has 0 spiro atoms. The number of hydrogen-bond acceptors (Lipinski definition) is 3. The third-order valence-electron chi connectivity index (χ3n) is 2.65. The summed E-state index contributed by atoms with van der Waals surface area (Å²) in [5.74, 6) is 0.648. The van der Waals surface area contributed by atoms with E-state index in [2.05, 4.69) is 27.3 Å². The number of thiophene rings is 1. The molecule has 1 aromatic carbocycles. The van der Waals surface area contributed by atoms with E-state index in [1.165, 1.54) is 4.88 Å². The Morgan fingerprint density at radius 2 is 2.26 bits per heavy atom. The van der Waals surface area contributed by atoms with Crippen molar-refractivity contribution in [2.45, 2.75) is 6.42 Å². The van der Waals surface area contributed by atoms with E-state index < -0.39 is 0 Å².